The molecule has 0 fully saturated rings. The fraction of sp³-hybridized carbons (Fsp3) is 0.167. The van der Waals surface area contributed by atoms with E-state index in [1.807, 2.05) is 0 Å². The Labute approximate surface area is 117 Å². The average molecular weight is 331 g/mol. The van der Waals surface area contributed by atoms with Gasteiger partial charge in [0.2, 0.25) is 0 Å². The van der Waals surface area contributed by atoms with Crippen LogP contribution >= 0.6 is 27.5 Å². The number of aromatic carboxylic acids is 1. The summed E-state index contributed by atoms with van der Waals surface area (Å²) in [5.74, 6) is -0.729. The molecule has 1 aromatic carbocycles. The summed E-state index contributed by atoms with van der Waals surface area (Å²) in [6, 6.07) is 5.16. The van der Waals surface area contributed by atoms with Crippen LogP contribution in [0.3, 0.4) is 0 Å². The third-order valence-corrected chi connectivity index (χ3v) is 3.30. The van der Waals surface area contributed by atoms with Gasteiger partial charge in [-0.25, -0.2) is 4.79 Å². The van der Waals surface area contributed by atoms with Crippen LogP contribution in [0.15, 0.2) is 27.2 Å². The van der Waals surface area contributed by atoms with Crippen LogP contribution in [0, 0.1) is 0 Å². The second kappa shape index (κ2) is 5.12. The summed E-state index contributed by atoms with van der Waals surface area (Å²) in [6.07, 6.45) is 0.459. The van der Waals surface area contributed by atoms with Crippen molar-refractivity contribution < 1.29 is 14.4 Å². The predicted octanol–water partition coefficient (Wildman–Crippen LogP) is 4.02. The first-order chi connectivity index (χ1) is 8.54. The molecule has 2 aromatic rings. The van der Waals surface area contributed by atoms with E-state index < -0.39 is 5.97 Å². The van der Waals surface area contributed by atoms with Crippen molar-refractivity contribution >= 4 is 33.5 Å². The molecule has 1 N–H and O–H groups in total. The van der Waals surface area contributed by atoms with Crippen LogP contribution in [0.5, 0.6) is 0 Å². The van der Waals surface area contributed by atoms with E-state index in [0.717, 1.165) is 4.47 Å². The molecule has 18 heavy (non-hydrogen) atoms. The Hall–Kier alpha value is -1.33. The van der Waals surface area contributed by atoms with Gasteiger partial charge in [-0.3, -0.25) is 0 Å². The second-order valence-corrected chi connectivity index (χ2v) is 4.94. The molecule has 2 rings (SSSR count). The van der Waals surface area contributed by atoms with Crippen LogP contribution in [0.1, 0.15) is 23.0 Å². The van der Waals surface area contributed by atoms with Gasteiger partial charge in [0.1, 0.15) is 11.3 Å². The summed E-state index contributed by atoms with van der Waals surface area (Å²) in [5, 5.41) is 13.5. The number of carboxylic acid groups (broad SMARTS) is 1. The topological polar surface area (TPSA) is 63.3 Å². The number of carboxylic acids is 1. The van der Waals surface area contributed by atoms with Crippen LogP contribution in [0.2, 0.25) is 5.02 Å². The Morgan fingerprint density at radius 3 is 2.89 bits per heavy atom. The minimum Gasteiger partial charge on any atom is -0.477 e. The molecule has 0 aliphatic carbocycles. The Morgan fingerprint density at radius 1 is 1.56 bits per heavy atom. The smallest absolute Gasteiger partial charge is 0.341 e. The molecule has 0 aliphatic rings. The van der Waals surface area contributed by atoms with Crippen molar-refractivity contribution in [2.24, 2.45) is 0 Å². The van der Waals surface area contributed by atoms with E-state index in [1.54, 1.807) is 25.1 Å². The zero-order valence-electron chi connectivity index (χ0n) is 9.41. The standard InChI is InChI=1S/C12H9BrClNO3/c1-2-9-10(12(16)17)11(15-18-9)7-5-6(13)3-4-8(7)14/h3-5H,2H2,1H3,(H,16,17). The molecular formula is C12H9BrClNO3. The molecule has 6 heteroatoms. The van der Waals surface area contributed by atoms with E-state index in [9.17, 15) is 9.90 Å². The summed E-state index contributed by atoms with van der Waals surface area (Å²) in [4.78, 5) is 11.3. The van der Waals surface area contributed by atoms with Crippen molar-refractivity contribution in [3.63, 3.8) is 0 Å². The van der Waals surface area contributed by atoms with E-state index in [4.69, 9.17) is 16.1 Å². The first kappa shape index (κ1) is 13.1. The highest BCUT2D eigenvalue weighted by atomic mass is 79.9. The average Bonchev–Trinajstić information content (AvgIpc) is 2.75. The normalized spacial score (nSPS) is 10.6. The number of hydrogen-bond acceptors (Lipinski definition) is 3. The molecule has 0 unspecified atom stereocenters. The Balaban J connectivity index is 2.67. The maximum Gasteiger partial charge on any atom is 0.341 e. The summed E-state index contributed by atoms with van der Waals surface area (Å²) >= 11 is 9.38. The number of aromatic nitrogens is 1. The fourth-order valence-electron chi connectivity index (χ4n) is 1.65. The molecule has 0 atom stereocenters. The molecule has 0 aliphatic heterocycles. The van der Waals surface area contributed by atoms with E-state index in [2.05, 4.69) is 21.1 Å². The van der Waals surface area contributed by atoms with Gasteiger partial charge in [-0.15, -0.1) is 0 Å². The highest BCUT2D eigenvalue weighted by Crippen LogP contribution is 2.33. The minimum atomic E-state index is -1.07. The lowest BCUT2D eigenvalue weighted by Gasteiger charge is -2.02. The maximum absolute atomic E-state index is 11.3. The first-order valence-electron chi connectivity index (χ1n) is 5.21. The fourth-order valence-corrected chi connectivity index (χ4v) is 2.22. The van der Waals surface area contributed by atoms with Gasteiger partial charge in [0.15, 0.2) is 5.76 Å². The lowest BCUT2D eigenvalue weighted by Crippen LogP contribution is -2.01. The number of hydrogen-bond donors (Lipinski definition) is 1. The largest absolute Gasteiger partial charge is 0.477 e. The summed E-state index contributed by atoms with van der Waals surface area (Å²) < 4.78 is 5.84. The lowest BCUT2D eigenvalue weighted by atomic mass is 10.1. The van der Waals surface area contributed by atoms with Crippen LogP contribution in [0.4, 0.5) is 0 Å². The molecule has 0 saturated carbocycles. The summed E-state index contributed by atoms with van der Waals surface area (Å²) in [7, 11) is 0. The first-order valence-corrected chi connectivity index (χ1v) is 6.39. The van der Waals surface area contributed by atoms with Crippen molar-refractivity contribution in [2.75, 3.05) is 0 Å². The van der Waals surface area contributed by atoms with Crippen molar-refractivity contribution in [1.29, 1.82) is 0 Å². The van der Waals surface area contributed by atoms with Crippen LogP contribution in [-0.4, -0.2) is 16.2 Å². The number of rotatable bonds is 3. The Kier molecular flexibility index (Phi) is 3.73. The molecule has 0 radical (unpaired) electrons. The molecule has 1 aromatic heterocycles. The van der Waals surface area contributed by atoms with E-state index in [1.165, 1.54) is 0 Å². The molecule has 0 spiro atoms. The lowest BCUT2D eigenvalue weighted by molar-refractivity contribution is 0.0695. The van der Waals surface area contributed by atoms with Crippen molar-refractivity contribution in [1.82, 2.24) is 5.16 Å². The van der Waals surface area contributed by atoms with Gasteiger partial charge in [-0.2, -0.15) is 0 Å². The Bertz CT molecular complexity index is 609. The number of halogens is 2. The van der Waals surface area contributed by atoms with E-state index >= 15 is 0 Å². The van der Waals surface area contributed by atoms with Crippen molar-refractivity contribution in [2.45, 2.75) is 13.3 Å². The Morgan fingerprint density at radius 2 is 2.28 bits per heavy atom. The zero-order chi connectivity index (χ0) is 13.3. The van der Waals surface area contributed by atoms with Gasteiger partial charge < -0.3 is 9.63 Å². The van der Waals surface area contributed by atoms with Gasteiger partial charge in [0.05, 0.1) is 5.02 Å². The SMILES string of the molecule is CCc1onc(-c2cc(Br)ccc2Cl)c1C(=O)O. The molecule has 0 amide bonds. The monoisotopic (exact) mass is 329 g/mol. The zero-order valence-corrected chi connectivity index (χ0v) is 11.7. The van der Waals surface area contributed by atoms with Gasteiger partial charge in [0.25, 0.3) is 0 Å². The van der Waals surface area contributed by atoms with Gasteiger partial charge in [-0.1, -0.05) is 39.6 Å². The number of carbonyl (C=O) groups is 1. The van der Waals surface area contributed by atoms with E-state index in [-0.39, 0.29) is 11.3 Å². The van der Waals surface area contributed by atoms with Crippen molar-refractivity contribution in [3.05, 3.63) is 39.0 Å². The summed E-state index contributed by atoms with van der Waals surface area (Å²) in [6.45, 7) is 1.80. The molecule has 94 valence electrons. The third kappa shape index (κ3) is 2.28. The number of nitrogens with zero attached hydrogens (tertiary/aromatic N) is 1. The van der Waals surface area contributed by atoms with Crippen LogP contribution in [-0.2, 0) is 6.42 Å². The predicted molar refractivity (Wildman–Crippen MR) is 71.0 cm³/mol. The molecule has 1 heterocycles. The number of benzene rings is 1. The molecular weight excluding hydrogens is 321 g/mol. The van der Waals surface area contributed by atoms with Crippen LogP contribution < -0.4 is 0 Å². The summed E-state index contributed by atoms with van der Waals surface area (Å²) in [5.41, 5.74) is 0.857. The molecule has 0 bridgehead atoms. The van der Waals surface area contributed by atoms with E-state index in [0.29, 0.717) is 22.8 Å². The van der Waals surface area contributed by atoms with Crippen LogP contribution in [0.25, 0.3) is 11.3 Å². The molecule has 4 nitrogen and oxygen atoms in total. The highest BCUT2D eigenvalue weighted by Gasteiger charge is 2.23. The third-order valence-electron chi connectivity index (χ3n) is 2.48. The second-order valence-electron chi connectivity index (χ2n) is 3.61. The van der Waals surface area contributed by atoms with Gasteiger partial charge in [0, 0.05) is 16.5 Å². The maximum atomic E-state index is 11.3. The molecule has 0 saturated heterocycles. The van der Waals surface area contributed by atoms with Crippen molar-refractivity contribution in [3.8, 4) is 11.3 Å². The van der Waals surface area contributed by atoms with Gasteiger partial charge >= 0.3 is 5.97 Å². The quantitative estimate of drug-likeness (QED) is 0.923. The minimum absolute atomic E-state index is 0.0671. The van der Waals surface area contributed by atoms with Gasteiger partial charge in [-0.05, 0) is 18.2 Å². The highest BCUT2D eigenvalue weighted by molar-refractivity contribution is 9.10. The number of aryl methyl sites for hydroxylation is 1.